The van der Waals surface area contributed by atoms with E-state index in [1.165, 1.54) is 25.3 Å². The lowest BCUT2D eigenvalue weighted by molar-refractivity contribution is 0.0597. The maximum Gasteiger partial charge on any atom is 0.338 e. The van der Waals surface area contributed by atoms with Crippen LogP contribution in [0.2, 0.25) is 0 Å². The summed E-state index contributed by atoms with van der Waals surface area (Å²) in [5.74, 6) is -0.836. The summed E-state index contributed by atoms with van der Waals surface area (Å²) in [5.41, 5.74) is 0.340. The number of hydrogen-bond acceptors (Lipinski definition) is 4. The Morgan fingerprint density at radius 1 is 1.47 bits per heavy atom. The minimum Gasteiger partial charge on any atom is -0.465 e. The van der Waals surface area contributed by atoms with Crippen molar-refractivity contribution in [3.05, 3.63) is 34.9 Å². The molecule has 0 saturated carbocycles. The van der Waals surface area contributed by atoms with E-state index in [2.05, 4.69) is 4.74 Å². The van der Waals surface area contributed by atoms with Crippen LogP contribution in [0.3, 0.4) is 0 Å². The number of ketones is 1. The Morgan fingerprint density at radius 2 is 2.18 bits per heavy atom. The third kappa shape index (κ3) is 2.83. The molecule has 1 aromatic carbocycles. The van der Waals surface area contributed by atoms with Crippen molar-refractivity contribution < 1.29 is 14.3 Å². The molecule has 0 spiro atoms. The summed E-state index contributed by atoms with van der Waals surface area (Å²) in [5, 5.41) is 8.93. The molecular formula is C12H10ClNO3. The van der Waals surface area contributed by atoms with Gasteiger partial charge in [-0.3, -0.25) is 4.79 Å². The fraction of sp³-hybridized carbons (Fsp3) is 0.250. The van der Waals surface area contributed by atoms with Crippen LogP contribution in [-0.2, 0) is 4.74 Å². The molecule has 0 unspecified atom stereocenters. The van der Waals surface area contributed by atoms with Gasteiger partial charge in [0.25, 0.3) is 0 Å². The molecule has 0 aliphatic rings. The number of methoxy groups -OCH3 is 1. The van der Waals surface area contributed by atoms with E-state index in [1.807, 2.05) is 6.07 Å². The fourth-order valence-corrected chi connectivity index (χ4v) is 1.61. The van der Waals surface area contributed by atoms with Crippen LogP contribution in [0.25, 0.3) is 0 Å². The van der Waals surface area contributed by atoms with E-state index in [-0.39, 0.29) is 34.8 Å². The molecule has 17 heavy (non-hydrogen) atoms. The molecule has 0 fully saturated rings. The van der Waals surface area contributed by atoms with Gasteiger partial charge in [0.05, 0.1) is 24.3 Å². The first-order valence-electron chi connectivity index (χ1n) is 4.86. The van der Waals surface area contributed by atoms with Gasteiger partial charge in [-0.2, -0.15) is 5.26 Å². The van der Waals surface area contributed by atoms with Gasteiger partial charge >= 0.3 is 5.97 Å². The summed E-state index contributed by atoms with van der Waals surface area (Å²) >= 11 is 5.49. The van der Waals surface area contributed by atoms with Gasteiger partial charge < -0.3 is 4.74 Å². The zero-order chi connectivity index (χ0) is 12.8. The SMILES string of the molecule is COC(=O)c1cccc(C#N)c1C(=O)CCCl. The zero-order valence-electron chi connectivity index (χ0n) is 9.20. The summed E-state index contributed by atoms with van der Waals surface area (Å²) in [6, 6.07) is 6.35. The number of carbonyl (C=O) groups is 2. The third-order valence-electron chi connectivity index (χ3n) is 2.19. The molecule has 1 rings (SSSR count). The number of esters is 1. The first-order chi connectivity index (χ1) is 8.15. The fourth-order valence-electron chi connectivity index (χ4n) is 1.44. The van der Waals surface area contributed by atoms with Crippen LogP contribution in [0.4, 0.5) is 0 Å². The van der Waals surface area contributed by atoms with E-state index in [0.717, 1.165) is 0 Å². The molecule has 0 bridgehead atoms. The van der Waals surface area contributed by atoms with E-state index in [9.17, 15) is 9.59 Å². The Balaban J connectivity index is 3.36. The highest BCUT2D eigenvalue weighted by Crippen LogP contribution is 2.17. The average Bonchev–Trinajstić information content (AvgIpc) is 2.37. The van der Waals surface area contributed by atoms with Gasteiger partial charge in [0.15, 0.2) is 5.78 Å². The Labute approximate surface area is 104 Å². The molecule has 5 heteroatoms. The van der Waals surface area contributed by atoms with Crippen molar-refractivity contribution in [3.63, 3.8) is 0 Å². The number of ether oxygens (including phenoxy) is 1. The molecule has 4 nitrogen and oxygen atoms in total. The Morgan fingerprint density at radius 3 is 2.71 bits per heavy atom. The smallest absolute Gasteiger partial charge is 0.338 e. The monoisotopic (exact) mass is 251 g/mol. The molecule has 0 saturated heterocycles. The molecular weight excluding hydrogens is 242 g/mol. The van der Waals surface area contributed by atoms with Crippen LogP contribution in [0.15, 0.2) is 18.2 Å². The standard InChI is InChI=1S/C12H10ClNO3/c1-17-12(16)9-4-2-3-8(7-14)11(9)10(15)5-6-13/h2-4H,5-6H2,1H3. The number of Topliss-reactive ketones (excluding diaryl/α,β-unsaturated/α-hetero) is 1. The molecule has 0 aromatic heterocycles. The minimum atomic E-state index is -0.639. The second-order valence-corrected chi connectivity index (χ2v) is 3.57. The van der Waals surface area contributed by atoms with Crippen LogP contribution < -0.4 is 0 Å². The van der Waals surface area contributed by atoms with Crippen molar-refractivity contribution in [1.82, 2.24) is 0 Å². The van der Waals surface area contributed by atoms with E-state index < -0.39 is 5.97 Å². The number of nitriles is 1. The predicted molar refractivity (Wildman–Crippen MR) is 62.2 cm³/mol. The first-order valence-corrected chi connectivity index (χ1v) is 5.39. The van der Waals surface area contributed by atoms with Gasteiger partial charge in [0, 0.05) is 17.9 Å². The van der Waals surface area contributed by atoms with Gasteiger partial charge in [-0.15, -0.1) is 11.6 Å². The van der Waals surface area contributed by atoms with Crippen molar-refractivity contribution in [3.8, 4) is 6.07 Å². The number of alkyl halides is 1. The highest BCUT2D eigenvalue weighted by molar-refractivity contribution is 6.20. The second-order valence-electron chi connectivity index (χ2n) is 3.19. The summed E-state index contributed by atoms with van der Waals surface area (Å²) in [4.78, 5) is 23.3. The largest absolute Gasteiger partial charge is 0.465 e. The maximum absolute atomic E-state index is 11.8. The van der Waals surface area contributed by atoms with E-state index in [1.54, 1.807) is 0 Å². The van der Waals surface area contributed by atoms with Crippen molar-refractivity contribution in [1.29, 1.82) is 5.26 Å². The van der Waals surface area contributed by atoms with E-state index in [4.69, 9.17) is 16.9 Å². The number of benzene rings is 1. The lowest BCUT2D eigenvalue weighted by atomic mass is 9.97. The highest BCUT2D eigenvalue weighted by atomic mass is 35.5. The number of hydrogen-bond donors (Lipinski definition) is 0. The summed E-state index contributed by atoms with van der Waals surface area (Å²) in [6.07, 6.45) is 0.0737. The molecule has 88 valence electrons. The molecule has 1 aromatic rings. The van der Waals surface area contributed by atoms with Gasteiger partial charge in [-0.1, -0.05) is 6.07 Å². The first kappa shape index (κ1) is 13.2. The topological polar surface area (TPSA) is 67.2 Å². The molecule has 0 aliphatic heterocycles. The number of halogens is 1. The Hall–Kier alpha value is -1.86. The quantitative estimate of drug-likeness (QED) is 0.467. The number of rotatable bonds is 4. The molecule has 0 N–H and O–H groups in total. The average molecular weight is 252 g/mol. The van der Waals surface area contributed by atoms with E-state index in [0.29, 0.717) is 0 Å². The van der Waals surface area contributed by atoms with Crippen molar-refractivity contribution >= 4 is 23.4 Å². The van der Waals surface area contributed by atoms with Crippen LogP contribution in [0.5, 0.6) is 0 Å². The van der Waals surface area contributed by atoms with Crippen molar-refractivity contribution in [2.24, 2.45) is 0 Å². The molecule has 0 radical (unpaired) electrons. The van der Waals surface area contributed by atoms with Gasteiger partial charge in [0.2, 0.25) is 0 Å². The predicted octanol–water partition coefficient (Wildman–Crippen LogP) is 2.16. The zero-order valence-corrected chi connectivity index (χ0v) is 9.95. The van der Waals surface area contributed by atoms with Crippen molar-refractivity contribution in [2.75, 3.05) is 13.0 Å². The highest BCUT2D eigenvalue weighted by Gasteiger charge is 2.20. The Kier molecular flexibility index (Phi) is 4.68. The maximum atomic E-state index is 11.8. The lowest BCUT2D eigenvalue weighted by Gasteiger charge is -2.07. The van der Waals surface area contributed by atoms with Gasteiger partial charge in [0.1, 0.15) is 0 Å². The van der Waals surface area contributed by atoms with E-state index >= 15 is 0 Å². The summed E-state index contributed by atoms with van der Waals surface area (Å²) in [7, 11) is 1.22. The van der Waals surface area contributed by atoms with Crippen LogP contribution in [0.1, 0.15) is 32.7 Å². The Bertz CT molecular complexity index is 491. The lowest BCUT2D eigenvalue weighted by Crippen LogP contribution is -2.12. The van der Waals surface area contributed by atoms with Crippen LogP contribution in [0, 0.1) is 11.3 Å². The summed E-state index contributed by atoms with van der Waals surface area (Å²) in [6.45, 7) is 0. The molecule has 0 heterocycles. The summed E-state index contributed by atoms with van der Waals surface area (Å²) < 4.78 is 4.57. The normalized spacial score (nSPS) is 9.47. The molecule has 0 amide bonds. The van der Waals surface area contributed by atoms with Crippen molar-refractivity contribution in [2.45, 2.75) is 6.42 Å². The molecule has 0 atom stereocenters. The second kappa shape index (κ2) is 6.02. The van der Waals surface area contributed by atoms with Crippen LogP contribution >= 0.6 is 11.6 Å². The molecule has 0 aliphatic carbocycles. The van der Waals surface area contributed by atoms with Gasteiger partial charge in [-0.05, 0) is 12.1 Å². The minimum absolute atomic E-state index is 0.0737. The number of carbonyl (C=O) groups excluding carboxylic acids is 2. The number of nitrogens with zero attached hydrogens (tertiary/aromatic N) is 1. The third-order valence-corrected chi connectivity index (χ3v) is 2.38. The van der Waals surface area contributed by atoms with Gasteiger partial charge in [-0.25, -0.2) is 4.79 Å². The van der Waals surface area contributed by atoms with Crippen LogP contribution in [-0.4, -0.2) is 24.7 Å².